The Balaban J connectivity index is 2.00. The smallest absolute Gasteiger partial charge is 0.0193 e. The molecule has 0 aliphatic carbocycles. The average molecular weight is 228 g/mol. The van der Waals surface area contributed by atoms with Crippen LogP contribution >= 0.6 is 0 Å². The van der Waals surface area contributed by atoms with Gasteiger partial charge in [0.15, 0.2) is 0 Å². The van der Waals surface area contributed by atoms with Crippen LogP contribution in [0.5, 0.6) is 0 Å². The van der Waals surface area contributed by atoms with E-state index in [0.717, 1.165) is 39.0 Å². The van der Waals surface area contributed by atoms with Gasteiger partial charge in [0.25, 0.3) is 0 Å². The van der Waals surface area contributed by atoms with Crippen LogP contribution in [0.3, 0.4) is 0 Å². The lowest BCUT2D eigenvalue weighted by Crippen LogP contribution is -2.54. The zero-order valence-corrected chi connectivity index (χ0v) is 10.4. The van der Waals surface area contributed by atoms with Gasteiger partial charge >= 0.3 is 0 Å². The summed E-state index contributed by atoms with van der Waals surface area (Å²) >= 11 is 0. The summed E-state index contributed by atoms with van der Waals surface area (Å²) in [6, 6.07) is 1.30. The summed E-state index contributed by atoms with van der Waals surface area (Å²) in [5.74, 6) is 0. The molecule has 1 aliphatic heterocycles. The number of nitrogens with one attached hydrogen (secondary N) is 2. The second-order valence-electron chi connectivity index (χ2n) is 4.78. The summed E-state index contributed by atoms with van der Waals surface area (Å²) in [5.41, 5.74) is 11.0. The first kappa shape index (κ1) is 13.9. The lowest BCUT2D eigenvalue weighted by atomic mass is 10.0. The highest BCUT2D eigenvalue weighted by Gasteiger charge is 2.18. The van der Waals surface area contributed by atoms with Crippen molar-refractivity contribution in [2.24, 2.45) is 11.5 Å². The molecule has 1 saturated heterocycles. The van der Waals surface area contributed by atoms with Crippen LogP contribution in [-0.4, -0.2) is 38.3 Å². The van der Waals surface area contributed by atoms with E-state index in [2.05, 4.69) is 10.6 Å². The molecule has 0 aromatic heterocycles. The van der Waals surface area contributed by atoms with E-state index >= 15 is 0 Å². The van der Waals surface area contributed by atoms with E-state index in [4.69, 9.17) is 11.5 Å². The fourth-order valence-electron chi connectivity index (χ4n) is 2.24. The van der Waals surface area contributed by atoms with Gasteiger partial charge in [-0.25, -0.2) is 0 Å². The highest BCUT2D eigenvalue weighted by molar-refractivity contribution is 4.82. The molecule has 6 N–H and O–H groups in total. The number of nitrogens with two attached hydrogens (primary N) is 2. The maximum atomic E-state index is 5.49. The Hall–Kier alpha value is -0.160. The molecule has 1 fully saturated rings. The molecule has 2 unspecified atom stereocenters. The standard InChI is InChI=1S/C12H28N4/c13-7-3-1-5-11-9-16-12(10-15-11)6-2-4-8-14/h11-12,15-16H,1-10,13-14H2. The highest BCUT2D eigenvalue weighted by atomic mass is 15.1. The molecule has 1 aliphatic rings. The predicted molar refractivity (Wildman–Crippen MR) is 69.4 cm³/mol. The number of unbranched alkanes of at least 4 members (excludes halogenated alkanes) is 2. The van der Waals surface area contributed by atoms with E-state index in [1.54, 1.807) is 0 Å². The summed E-state index contributed by atoms with van der Waals surface area (Å²) in [4.78, 5) is 0. The highest BCUT2D eigenvalue weighted by Crippen LogP contribution is 2.07. The van der Waals surface area contributed by atoms with Gasteiger partial charge in [-0.3, -0.25) is 0 Å². The minimum absolute atomic E-state index is 0.650. The fraction of sp³-hybridized carbons (Fsp3) is 1.00. The summed E-state index contributed by atoms with van der Waals surface area (Å²) in [7, 11) is 0. The number of rotatable bonds is 8. The monoisotopic (exact) mass is 228 g/mol. The second-order valence-corrected chi connectivity index (χ2v) is 4.78. The number of piperazine rings is 1. The first-order chi connectivity index (χ1) is 7.86. The van der Waals surface area contributed by atoms with Gasteiger partial charge in [-0.1, -0.05) is 12.8 Å². The van der Waals surface area contributed by atoms with Gasteiger partial charge in [-0.05, 0) is 38.8 Å². The van der Waals surface area contributed by atoms with Gasteiger partial charge in [0.2, 0.25) is 0 Å². The minimum atomic E-state index is 0.650. The van der Waals surface area contributed by atoms with Gasteiger partial charge in [0, 0.05) is 25.2 Å². The lowest BCUT2D eigenvalue weighted by Gasteiger charge is -2.31. The molecule has 1 heterocycles. The second kappa shape index (κ2) is 8.93. The lowest BCUT2D eigenvalue weighted by molar-refractivity contribution is 0.313. The van der Waals surface area contributed by atoms with Crippen LogP contribution in [0.4, 0.5) is 0 Å². The first-order valence-electron chi connectivity index (χ1n) is 6.73. The normalized spacial score (nSPS) is 25.9. The molecule has 4 heteroatoms. The van der Waals surface area contributed by atoms with E-state index in [9.17, 15) is 0 Å². The van der Waals surface area contributed by atoms with Crippen molar-refractivity contribution in [1.29, 1.82) is 0 Å². The Labute approximate surface area is 99.5 Å². The van der Waals surface area contributed by atoms with Crippen molar-refractivity contribution < 1.29 is 0 Å². The first-order valence-corrected chi connectivity index (χ1v) is 6.73. The van der Waals surface area contributed by atoms with Gasteiger partial charge in [0.05, 0.1) is 0 Å². The number of hydrogen-bond acceptors (Lipinski definition) is 4. The van der Waals surface area contributed by atoms with Gasteiger partial charge in [0.1, 0.15) is 0 Å². The Bertz CT molecular complexity index is 137. The van der Waals surface area contributed by atoms with Crippen molar-refractivity contribution in [2.45, 2.75) is 50.6 Å². The Morgan fingerprint density at radius 3 is 1.50 bits per heavy atom. The van der Waals surface area contributed by atoms with Crippen molar-refractivity contribution in [3.8, 4) is 0 Å². The van der Waals surface area contributed by atoms with Crippen molar-refractivity contribution in [1.82, 2.24) is 10.6 Å². The molecule has 96 valence electrons. The zero-order chi connectivity index (χ0) is 11.6. The third-order valence-corrected chi connectivity index (χ3v) is 3.32. The summed E-state index contributed by atoms with van der Waals surface area (Å²) in [6.45, 7) is 3.86. The van der Waals surface area contributed by atoms with Crippen LogP contribution in [0, 0.1) is 0 Å². The Morgan fingerprint density at radius 1 is 0.750 bits per heavy atom. The minimum Gasteiger partial charge on any atom is -0.330 e. The molecule has 0 aromatic carbocycles. The fourth-order valence-corrected chi connectivity index (χ4v) is 2.24. The molecule has 0 spiro atoms. The molecular formula is C12H28N4. The third kappa shape index (κ3) is 5.80. The van der Waals surface area contributed by atoms with Gasteiger partial charge in [-0.2, -0.15) is 0 Å². The summed E-state index contributed by atoms with van der Waals surface area (Å²) < 4.78 is 0. The zero-order valence-electron chi connectivity index (χ0n) is 10.4. The topological polar surface area (TPSA) is 76.1 Å². The molecular weight excluding hydrogens is 200 g/mol. The predicted octanol–water partition coefficient (Wildman–Crippen LogP) is 0.174. The van der Waals surface area contributed by atoms with Gasteiger partial charge in [-0.15, -0.1) is 0 Å². The van der Waals surface area contributed by atoms with E-state index in [1.165, 1.54) is 25.7 Å². The molecule has 2 atom stereocenters. The van der Waals surface area contributed by atoms with Crippen molar-refractivity contribution in [3.63, 3.8) is 0 Å². The molecule has 0 aromatic rings. The molecule has 1 rings (SSSR count). The van der Waals surface area contributed by atoms with Crippen molar-refractivity contribution in [3.05, 3.63) is 0 Å². The van der Waals surface area contributed by atoms with Crippen molar-refractivity contribution in [2.75, 3.05) is 26.2 Å². The maximum Gasteiger partial charge on any atom is 0.0193 e. The average Bonchev–Trinajstić information content (AvgIpc) is 2.32. The largest absolute Gasteiger partial charge is 0.330 e. The molecule has 4 nitrogen and oxygen atoms in total. The molecule has 0 saturated carbocycles. The number of hydrogen-bond donors (Lipinski definition) is 4. The molecule has 0 amide bonds. The van der Waals surface area contributed by atoms with Crippen LogP contribution in [-0.2, 0) is 0 Å². The van der Waals surface area contributed by atoms with E-state index < -0.39 is 0 Å². The van der Waals surface area contributed by atoms with Gasteiger partial charge < -0.3 is 22.1 Å². The Morgan fingerprint density at radius 2 is 1.19 bits per heavy atom. The maximum absolute atomic E-state index is 5.49. The molecule has 0 bridgehead atoms. The quantitative estimate of drug-likeness (QED) is 0.447. The van der Waals surface area contributed by atoms with Crippen LogP contribution in [0.25, 0.3) is 0 Å². The van der Waals surface area contributed by atoms with Crippen LogP contribution in [0.2, 0.25) is 0 Å². The van der Waals surface area contributed by atoms with Crippen LogP contribution in [0.1, 0.15) is 38.5 Å². The third-order valence-electron chi connectivity index (χ3n) is 3.32. The SMILES string of the molecule is NCCCCC1CNC(CCCCN)CN1. The van der Waals surface area contributed by atoms with E-state index in [0.29, 0.717) is 12.1 Å². The van der Waals surface area contributed by atoms with Crippen LogP contribution in [0.15, 0.2) is 0 Å². The summed E-state index contributed by atoms with van der Waals surface area (Å²) in [6.07, 6.45) is 7.29. The Kier molecular flexibility index (Phi) is 7.76. The van der Waals surface area contributed by atoms with Crippen molar-refractivity contribution >= 4 is 0 Å². The molecule has 0 radical (unpaired) electrons. The van der Waals surface area contributed by atoms with Crippen LogP contribution < -0.4 is 22.1 Å². The molecule has 16 heavy (non-hydrogen) atoms. The van der Waals surface area contributed by atoms with E-state index in [1.807, 2.05) is 0 Å². The summed E-state index contributed by atoms with van der Waals surface area (Å²) in [5, 5.41) is 7.24. The van der Waals surface area contributed by atoms with E-state index in [-0.39, 0.29) is 0 Å².